The summed E-state index contributed by atoms with van der Waals surface area (Å²) in [6.07, 6.45) is -5.37. The van der Waals surface area contributed by atoms with E-state index in [-0.39, 0.29) is 18.8 Å². The molecule has 0 bridgehead atoms. The fourth-order valence-electron chi connectivity index (χ4n) is 1.88. The lowest BCUT2D eigenvalue weighted by atomic mass is 10.0. The molecule has 0 fully saturated rings. The zero-order chi connectivity index (χ0) is 15.9. The Balaban J connectivity index is 2.67. The summed E-state index contributed by atoms with van der Waals surface area (Å²) in [4.78, 5) is 0. The Morgan fingerprint density at radius 1 is 1.19 bits per heavy atom. The van der Waals surface area contributed by atoms with Gasteiger partial charge >= 0.3 is 6.18 Å². The predicted octanol–water partition coefficient (Wildman–Crippen LogP) is 2.21. The maximum Gasteiger partial charge on any atom is 0.390 e. The van der Waals surface area contributed by atoms with Crippen LogP contribution in [-0.4, -0.2) is 33.4 Å². The van der Waals surface area contributed by atoms with Crippen molar-refractivity contribution < 1.29 is 21.6 Å². The van der Waals surface area contributed by atoms with E-state index in [1.165, 1.54) is 0 Å². The van der Waals surface area contributed by atoms with Gasteiger partial charge in [0, 0.05) is 19.1 Å². The molecule has 2 N–H and O–H groups in total. The highest BCUT2D eigenvalue weighted by Crippen LogP contribution is 2.29. The molecule has 0 radical (unpaired) electrons. The number of rotatable bonds is 8. The Morgan fingerprint density at radius 3 is 2.33 bits per heavy atom. The Hall–Kier alpha value is -1.12. The second-order valence-electron chi connectivity index (χ2n) is 4.55. The standard InChI is InChI=1S/C13H19F3N2O2S/c1-2-18-21(19,20)9-8-17-12(10-13(14,15)16)11-6-4-3-5-7-11/h3-7,12,17-18H,2,8-10H2,1H3. The van der Waals surface area contributed by atoms with Crippen molar-refractivity contribution >= 4 is 10.0 Å². The first-order valence-corrected chi connectivity index (χ1v) is 8.21. The van der Waals surface area contributed by atoms with Crippen molar-refractivity contribution in [3.05, 3.63) is 35.9 Å². The van der Waals surface area contributed by atoms with Crippen molar-refractivity contribution in [2.75, 3.05) is 18.8 Å². The molecule has 1 rings (SSSR count). The molecule has 0 spiro atoms. The minimum atomic E-state index is -4.33. The summed E-state index contributed by atoms with van der Waals surface area (Å²) in [6, 6.07) is 7.22. The number of benzene rings is 1. The summed E-state index contributed by atoms with van der Waals surface area (Å²) in [6.45, 7) is 1.85. The third kappa shape index (κ3) is 7.45. The van der Waals surface area contributed by atoms with Crippen LogP contribution >= 0.6 is 0 Å². The fourth-order valence-corrected chi connectivity index (χ4v) is 2.86. The number of hydrogen-bond acceptors (Lipinski definition) is 3. The first-order chi connectivity index (χ1) is 9.73. The van der Waals surface area contributed by atoms with Gasteiger partial charge in [-0.3, -0.25) is 0 Å². The highest BCUT2D eigenvalue weighted by Gasteiger charge is 2.32. The van der Waals surface area contributed by atoms with Crippen LogP contribution in [0, 0.1) is 0 Å². The van der Waals surface area contributed by atoms with Crippen LogP contribution in [0.1, 0.15) is 24.9 Å². The minimum Gasteiger partial charge on any atom is -0.309 e. The van der Waals surface area contributed by atoms with Crippen LogP contribution in [0.15, 0.2) is 30.3 Å². The van der Waals surface area contributed by atoms with E-state index in [1.807, 2.05) is 0 Å². The average molecular weight is 324 g/mol. The quantitative estimate of drug-likeness (QED) is 0.771. The van der Waals surface area contributed by atoms with Gasteiger partial charge in [-0.2, -0.15) is 13.2 Å². The van der Waals surface area contributed by atoms with Crippen molar-refractivity contribution in [2.45, 2.75) is 25.6 Å². The lowest BCUT2D eigenvalue weighted by Gasteiger charge is -2.20. The van der Waals surface area contributed by atoms with Crippen LogP contribution in [0.2, 0.25) is 0 Å². The zero-order valence-electron chi connectivity index (χ0n) is 11.7. The molecule has 0 amide bonds. The van der Waals surface area contributed by atoms with E-state index in [0.717, 1.165) is 0 Å². The van der Waals surface area contributed by atoms with Gasteiger partial charge in [-0.25, -0.2) is 13.1 Å². The van der Waals surface area contributed by atoms with Gasteiger partial charge in [0.1, 0.15) is 0 Å². The topological polar surface area (TPSA) is 58.2 Å². The van der Waals surface area contributed by atoms with E-state index in [2.05, 4.69) is 10.0 Å². The van der Waals surface area contributed by atoms with Crippen LogP contribution < -0.4 is 10.0 Å². The third-order valence-electron chi connectivity index (χ3n) is 2.76. The molecule has 0 saturated carbocycles. The summed E-state index contributed by atoms with van der Waals surface area (Å²) in [5.41, 5.74) is 0.482. The Bertz CT molecular complexity index is 518. The normalized spacial score (nSPS) is 14.1. The first-order valence-electron chi connectivity index (χ1n) is 6.56. The molecule has 21 heavy (non-hydrogen) atoms. The van der Waals surface area contributed by atoms with Crippen LogP contribution in [0.4, 0.5) is 13.2 Å². The number of halogens is 3. The van der Waals surface area contributed by atoms with Crippen LogP contribution in [0.25, 0.3) is 0 Å². The number of sulfonamides is 1. The van der Waals surface area contributed by atoms with Crippen molar-refractivity contribution in [3.63, 3.8) is 0 Å². The molecule has 0 aliphatic heterocycles. The summed E-state index contributed by atoms with van der Waals surface area (Å²) >= 11 is 0. The van der Waals surface area contributed by atoms with Gasteiger partial charge in [0.15, 0.2) is 0 Å². The summed E-state index contributed by atoms with van der Waals surface area (Å²) in [7, 11) is -3.45. The average Bonchev–Trinajstić information content (AvgIpc) is 2.37. The lowest BCUT2D eigenvalue weighted by Crippen LogP contribution is -2.34. The van der Waals surface area contributed by atoms with E-state index >= 15 is 0 Å². The van der Waals surface area contributed by atoms with Gasteiger partial charge in [0.2, 0.25) is 10.0 Å². The van der Waals surface area contributed by atoms with E-state index in [9.17, 15) is 21.6 Å². The molecule has 0 aliphatic carbocycles. The minimum absolute atomic E-state index is 0.0506. The van der Waals surface area contributed by atoms with Gasteiger partial charge < -0.3 is 5.32 Å². The Kier molecular flexibility index (Phi) is 6.63. The van der Waals surface area contributed by atoms with Crippen molar-refractivity contribution in [1.29, 1.82) is 0 Å². The summed E-state index contributed by atoms with van der Waals surface area (Å²) < 4.78 is 63.0. The number of hydrogen-bond donors (Lipinski definition) is 2. The largest absolute Gasteiger partial charge is 0.390 e. The second-order valence-corrected chi connectivity index (χ2v) is 6.48. The Labute approximate surface area is 122 Å². The molecular weight excluding hydrogens is 305 g/mol. The number of alkyl halides is 3. The molecule has 120 valence electrons. The fraction of sp³-hybridized carbons (Fsp3) is 0.538. The lowest BCUT2D eigenvalue weighted by molar-refractivity contribution is -0.140. The van der Waals surface area contributed by atoms with E-state index < -0.39 is 28.7 Å². The summed E-state index contributed by atoms with van der Waals surface area (Å²) in [5, 5.41) is 2.67. The molecule has 1 atom stereocenters. The van der Waals surface area contributed by atoms with E-state index in [0.29, 0.717) is 5.56 Å². The van der Waals surface area contributed by atoms with Crippen molar-refractivity contribution in [2.24, 2.45) is 0 Å². The van der Waals surface area contributed by atoms with Gasteiger partial charge in [-0.05, 0) is 5.56 Å². The van der Waals surface area contributed by atoms with Crippen LogP contribution in [0.3, 0.4) is 0 Å². The first kappa shape index (κ1) is 17.9. The summed E-state index contributed by atoms with van der Waals surface area (Å²) in [5.74, 6) is -0.262. The van der Waals surface area contributed by atoms with E-state index in [4.69, 9.17) is 0 Å². The van der Waals surface area contributed by atoms with Crippen LogP contribution in [-0.2, 0) is 10.0 Å². The molecule has 0 aromatic heterocycles. The molecule has 1 aromatic carbocycles. The molecular formula is C13H19F3N2O2S. The SMILES string of the molecule is CCNS(=O)(=O)CCNC(CC(F)(F)F)c1ccccc1. The van der Waals surface area contributed by atoms with Gasteiger partial charge in [-0.15, -0.1) is 0 Å². The molecule has 0 saturated heterocycles. The smallest absolute Gasteiger partial charge is 0.309 e. The molecule has 0 heterocycles. The molecule has 8 heteroatoms. The molecule has 1 unspecified atom stereocenters. The highest BCUT2D eigenvalue weighted by molar-refractivity contribution is 7.89. The maximum atomic E-state index is 12.6. The zero-order valence-corrected chi connectivity index (χ0v) is 12.5. The number of nitrogens with one attached hydrogen (secondary N) is 2. The molecule has 1 aromatic rings. The highest BCUT2D eigenvalue weighted by atomic mass is 32.2. The van der Waals surface area contributed by atoms with Crippen molar-refractivity contribution in [3.8, 4) is 0 Å². The van der Waals surface area contributed by atoms with Gasteiger partial charge in [0.25, 0.3) is 0 Å². The van der Waals surface area contributed by atoms with Gasteiger partial charge in [-0.1, -0.05) is 37.3 Å². The van der Waals surface area contributed by atoms with Gasteiger partial charge in [0.05, 0.1) is 12.2 Å². The molecule has 4 nitrogen and oxygen atoms in total. The van der Waals surface area contributed by atoms with E-state index in [1.54, 1.807) is 37.3 Å². The second kappa shape index (κ2) is 7.77. The molecule has 0 aliphatic rings. The van der Waals surface area contributed by atoms with Crippen molar-refractivity contribution in [1.82, 2.24) is 10.0 Å². The monoisotopic (exact) mass is 324 g/mol. The third-order valence-corrected chi connectivity index (χ3v) is 4.23. The van der Waals surface area contributed by atoms with Crippen LogP contribution in [0.5, 0.6) is 0 Å². The predicted molar refractivity (Wildman–Crippen MR) is 75.3 cm³/mol. The maximum absolute atomic E-state index is 12.6. The Morgan fingerprint density at radius 2 is 1.81 bits per heavy atom.